The molecule has 0 fully saturated rings. The second-order valence-electron chi connectivity index (χ2n) is 6.23. The molecule has 0 N–H and O–H groups in total. The van der Waals surface area contributed by atoms with Crippen LogP contribution < -0.4 is 0 Å². The van der Waals surface area contributed by atoms with Gasteiger partial charge in [0.2, 0.25) is 0 Å². The third-order valence-corrected chi connectivity index (χ3v) is 5.33. The number of fused-ring (bicyclic) bond motifs is 2. The third-order valence-electron chi connectivity index (χ3n) is 5.33. The maximum Gasteiger partial charge on any atom is 0.338 e. The summed E-state index contributed by atoms with van der Waals surface area (Å²) in [6.07, 6.45) is 7.64. The third kappa shape index (κ3) is 1.37. The molecule has 0 aromatic heterocycles. The average Bonchev–Trinajstić information content (AvgIpc) is 2.55. The molecule has 4 heteroatoms. The molecule has 0 aliphatic heterocycles. The molecule has 2 atom stereocenters. The number of carbonyl (C=O) groups is 2. The summed E-state index contributed by atoms with van der Waals surface area (Å²) >= 11 is 0. The van der Waals surface area contributed by atoms with Crippen molar-refractivity contribution in [2.45, 2.75) is 12.8 Å². The van der Waals surface area contributed by atoms with E-state index in [1.54, 1.807) is 0 Å². The van der Waals surface area contributed by atoms with Gasteiger partial charge in [0.05, 0.1) is 19.8 Å². The van der Waals surface area contributed by atoms with Crippen LogP contribution >= 0.6 is 0 Å². The van der Waals surface area contributed by atoms with Crippen molar-refractivity contribution in [1.29, 1.82) is 0 Å². The first-order valence-electron chi connectivity index (χ1n) is 7.27. The maximum atomic E-state index is 12.0. The number of esters is 2. The fourth-order valence-electron chi connectivity index (χ4n) is 4.09. The number of allylic oxidation sites excluding steroid dienone is 3. The summed E-state index contributed by atoms with van der Waals surface area (Å²) in [5.74, 6) is -0.566. The van der Waals surface area contributed by atoms with Crippen LogP contribution in [-0.2, 0) is 27.1 Å². The van der Waals surface area contributed by atoms with E-state index >= 15 is 0 Å². The molecule has 4 nitrogen and oxygen atoms in total. The molecule has 0 saturated heterocycles. The largest absolute Gasteiger partial charge is 0.466 e. The van der Waals surface area contributed by atoms with Gasteiger partial charge in [0, 0.05) is 16.4 Å². The van der Waals surface area contributed by atoms with E-state index in [9.17, 15) is 9.59 Å². The maximum absolute atomic E-state index is 12.0. The van der Waals surface area contributed by atoms with Gasteiger partial charge in [-0.15, -0.1) is 0 Å². The summed E-state index contributed by atoms with van der Waals surface area (Å²) in [6.45, 7) is 0. The van der Waals surface area contributed by atoms with Crippen molar-refractivity contribution < 1.29 is 19.1 Å². The van der Waals surface area contributed by atoms with E-state index in [1.165, 1.54) is 14.2 Å². The smallest absolute Gasteiger partial charge is 0.338 e. The molecule has 4 aliphatic carbocycles. The highest BCUT2D eigenvalue weighted by atomic mass is 16.5. The van der Waals surface area contributed by atoms with Crippen molar-refractivity contribution in [3.05, 3.63) is 58.7 Å². The summed E-state index contributed by atoms with van der Waals surface area (Å²) < 4.78 is 9.80. The molecule has 2 unspecified atom stereocenters. The van der Waals surface area contributed by atoms with Gasteiger partial charge in [0.25, 0.3) is 0 Å². The lowest BCUT2D eigenvalue weighted by Crippen LogP contribution is -2.58. The first-order chi connectivity index (χ1) is 10.5. The van der Waals surface area contributed by atoms with Gasteiger partial charge in [0.1, 0.15) is 0 Å². The van der Waals surface area contributed by atoms with Gasteiger partial charge < -0.3 is 9.47 Å². The van der Waals surface area contributed by atoms with Crippen LogP contribution in [0.3, 0.4) is 0 Å². The molecule has 0 spiro atoms. The van der Waals surface area contributed by atoms with Crippen molar-refractivity contribution in [2.24, 2.45) is 10.8 Å². The Kier molecular flexibility index (Phi) is 2.48. The highest BCUT2D eigenvalue weighted by Gasteiger charge is 2.64. The number of benzene rings is 1. The summed E-state index contributed by atoms with van der Waals surface area (Å²) in [6, 6.07) is 5.91. The molecule has 0 radical (unpaired) electrons. The molecule has 22 heavy (non-hydrogen) atoms. The number of hydrogen-bond donors (Lipinski definition) is 0. The molecule has 1 aromatic rings. The zero-order valence-corrected chi connectivity index (χ0v) is 12.5. The Balaban J connectivity index is 1.82. The molecule has 0 heterocycles. The second-order valence-corrected chi connectivity index (χ2v) is 6.23. The molecule has 4 aliphatic rings. The van der Waals surface area contributed by atoms with E-state index in [-0.39, 0.29) is 22.8 Å². The fraction of sp³-hybridized carbons (Fsp3) is 0.333. The van der Waals surface area contributed by atoms with E-state index in [2.05, 4.69) is 12.2 Å². The first-order valence-corrected chi connectivity index (χ1v) is 7.27. The standard InChI is InChI=1S/C18H16O4/c1-21-15(19)13-7-11-3-4-12(13)9-17-5-6-18(17,8-11)14(10-17)16(20)22-2/h3-7,10H,8-9H2,1-2H3. The second kappa shape index (κ2) is 4.09. The fourth-order valence-corrected chi connectivity index (χ4v) is 4.09. The molecule has 1 aromatic carbocycles. The Labute approximate surface area is 128 Å². The van der Waals surface area contributed by atoms with Crippen LogP contribution in [0.25, 0.3) is 0 Å². The van der Waals surface area contributed by atoms with Gasteiger partial charge in [-0.25, -0.2) is 9.59 Å². The molecule has 2 bridgehead atoms. The van der Waals surface area contributed by atoms with Gasteiger partial charge in [0.15, 0.2) is 0 Å². The number of methoxy groups -OCH3 is 2. The summed E-state index contributed by atoms with van der Waals surface area (Å²) in [4.78, 5) is 24.0. The van der Waals surface area contributed by atoms with Crippen LogP contribution in [-0.4, -0.2) is 26.2 Å². The predicted molar refractivity (Wildman–Crippen MR) is 79.3 cm³/mol. The molecular weight excluding hydrogens is 280 g/mol. The Morgan fingerprint density at radius 1 is 1.05 bits per heavy atom. The number of rotatable bonds is 2. The Morgan fingerprint density at radius 2 is 1.82 bits per heavy atom. The molecule has 0 amide bonds. The molecule has 112 valence electrons. The Morgan fingerprint density at radius 3 is 2.45 bits per heavy atom. The van der Waals surface area contributed by atoms with Crippen LogP contribution in [0.15, 0.2) is 42.0 Å². The summed E-state index contributed by atoms with van der Waals surface area (Å²) in [7, 11) is 2.81. The first kappa shape index (κ1) is 13.3. The van der Waals surface area contributed by atoms with Crippen molar-refractivity contribution in [3.8, 4) is 0 Å². The summed E-state index contributed by atoms with van der Waals surface area (Å²) in [5.41, 5.74) is 2.91. The van der Waals surface area contributed by atoms with Crippen LogP contribution in [0.1, 0.15) is 21.5 Å². The van der Waals surface area contributed by atoms with Gasteiger partial charge in [-0.3, -0.25) is 0 Å². The van der Waals surface area contributed by atoms with Crippen molar-refractivity contribution in [2.75, 3.05) is 14.2 Å². The Bertz CT molecular complexity index is 773. The monoisotopic (exact) mass is 296 g/mol. The van der Waals surface area contributed by atoms with Crippen LogP contribution in [0.5, 0.6) is 0 Å². The molecule has 0 saturated carbocycles. The van der Waals surface area contributed by atoms with E-state index in [0.29, 0.717) is 18.4 Å². The normalized spacial score (nSPS) is 29.8. The Hall–Kier alpha value is -2.36. The molecule has 5 rings (SSSR count). The quantitative estimate of drug-likeness (QED) is 0.620. The lowest BCUT2D eigenvalue weighted by Gasteiger charge is -2.61. The van der Waals surface area contributed by atoms with Crippen molar-refractivity contribution in [1.82, 2.24) is 0 Å². The minimum Gasteiger partial charge on any atom is -0.466 e. The number of hydrogen-bond acceptors (Lipinski definition) is 4. The number of carbonyl (C=O) groups excluding carboxylic acids is 2. The van der Waals surface area contributed by atoms with Crippen LogP contribution in [0, 0.1) is 10.8 Å². The minimum absolute atomic E-state index is 0.171. The van der Waals surface area contributed by atoms with E-state index < -0.39 is 0 Å². The minimum atomic E-state index is -0.305. The van der Waals surface area contributed by atoms with Gasteiger partial charge >= 0.3 is 11.9 Å². The van der Waals surface area contributed by atoms with Crippen LogP contribution in [0.4, 0.5) is 0 Å². The van der Waals surface area contributed by atoms with E-state index in [4.69, 9.17) is 9.47 Å². The van der Waals surface area contributed by atoms with Crippen molar-refractivity contribution >= 4 is 11.9 Å². The zero-order chi connectivity index (χ0) is 15.5. The summed E-state index contributed by atoms with van der Waals surface area (Å²) in [5, 5.41) is 0. The molecular formula is C18H16O4. The van der Waals surface area contributed by atoms with E-state index in [0.717, 1.165) is 16.7 Å². The van der Waals surface area contributed by atoms with Gasteiger partial charge in [-0.1, -0.05) is 30.4 Å². The van der Waals surface area contributed by atoms with Gasteiger partial charge in [-0.05, 0) is 30.0 Å². The van der Waals surface area contributed by atoms with Crippen LogP contribution in [0.2, 0.25) is 0 Å². The number of ether oxygens (including phenoxy) is 2. The lowest BCUT2D eigenvalue weighted by molar-refractivity contribution is -0.139. The highest BCUT2D eigenvalue weighted by Crippen LogP contribution is 2.67. The lowest BCUT2D eigenvalue weighted by atomic mass is 9.40. The van der Waals surface area contributed by atoms with Crippen molar-refractivity contribution in [3.63, 3.8) is 0 Å². The predicted octanol–water partition coefficient (Wildman–Crippen LogP) is 2.23. The highest BCUT2D eigenvalue weighted by molar-refractivity contribution is 5.96. The van der Waals surface area contributed by atoms with E-state index in [1.807, 2.05) is 24.3 Å². The topological polar surface area (TPSA) is 52.6 Å². The zero-order valence-electron chi connectivity index (χ0n) is 12.5. The SMILES string of the molecule is COC(=O)C1=CC23C=CC12Cc1ccc(c(C(=O)OC)c1)C3. The van der Waals surface area contributed by atoms with Gasteiger partial charge in [-0.2, -0.15) is 0 Å². The average molecular weight is 296 g/mol.